The monoisotopic (exact) mass is 210 g/mol. The number of imidazole rings is 1. The predicted octanol–water partition coefficient (Wildman–Crippen LogP) is 2.68. The van der Waals surface area contributed by atoms with Gasteiger partial charge in [0.05, 0.1) is 11.0 Å². The van der Waals surface area contributed by atoms with Crippen LogP contribution in [0.15, 0.2) is 24.3 Å². The predicted molar refractivity (Wildman–Crippen MR) is 61.2 cm³/mol. The summed E-state index contributed by atoms with van der Waals surface area (Å²) < 4.78 is 0. The first kappa shape index (κ1) is 8.97. The van der Waals surface area contributed by atoms with Crippen molar-refractivity contribution in [3.05, 3.63) is 30.1 Å². The fraction of sp³-hybridized carbons (Fsp3) is 0.222. The molecule has 0 unspecified atom stereocenters. The van der Waals surface area contributed by atoms with E-state index in [4.69, 9.17) is 0 Å². The van der Waals surface area contributed by atoms with Gasteiger partial charge in [-0.2, -0.15) is 0 Å². The quantitative estimate of drug-likeness (QED) is 0.602. The van der Waals surface area contributed by atoms with E-state index in [2.05, 4.69) is 21.6 Å². The Hall–Kier alpha value is -0.610. The van der Waals surface area contributed by atoms with E-state index in [0.717, 1.165) is 29.0 Å². The second-order valence-corrected chi connectivity index (χ2v) is 4.22. The van der Waals surface area contributed by atoms with Crippen molar-refractivity contribution < 1.29 is 0 Å². The van der Waals surface area contributed by atoms with Gasteiger partial charge in [-0.05, 0) is 12.1 Å². The summed E-state index contributed by atoms with van der Waals surface area (Å²) in [5.41, 5.74) is 2.16. The van der Waals surface area contributed by atoms with Gasteiger partial charge in [0.15, 0.2) is 0 Å². The molecule has 0 aliphatic rings. The molecule has 1 aromatic heterocycles. The second-order valence-electron chi connectivity index (χ2n) is 2.78. The molecule has 0 aliphatic heterocycles. The lowest BCUT2D eigenvalue weighted by atomic mass is 10.3. The first-order valence-electron chi connectivity index (χ1n) is 4.10. The molecular formula is C9H10N2S2. The van der Waals surface area contributed by atoms with Gasteiger partial charge in [0.2, 0.25) is 0 Å². The van der Waals surface area contributed by atoms with E-state index in [9.17, 15) is 0 Å². The van der Waals surface area contributed by atoms with Crippen molar-refractivity contribution in [3.63, 3.8) is 0 Å². The summed E-state index contributed by atoms with van der Waals surface area (Å²) in [5, 5.41) is 0. The van der Waals surface area contributed by atoms with Crippen LogP contribution in [-0.4, -0.2) is 15.7 Å². The van der Waals surface area contributed by atoms with Crippen molar-refractivity contribution in [3.8, 4) is 0 Å². The van der Waals surface area contributed by atoms with Gasteiger partial charge in [-0.15, -0.1) is 11.7 Å². The first-order chi connectivity index (χ1) is 6.40. The van der Waals surface area contributed by atoms with Crippen LogP contribution in [-0.2, 0) is 6.42 Å². The largest absolute Gasteiger partial charge is 0.342 e. The number of fused-ring (bicyclic) bond motifs is 1. The van der Waals surface area contributed by atoms with E-state index in [-0.39, 0.29) is 0 Å². The van der Waals surface area contributed by atoms with E-state index < -0.39 is 0 Å². The number of hydrogen-bond acceptors (Lipinski definition) is 3. The minimum Gasteiger partial charge on any atom is -0.342 e. The third-order valence-corrected chi connectivity index (χ3v) is 2.80. The molecule has 1 N–H and O–H groups in total. The molecule has 1 aromatic carbocycles. The van der Waals surface area contributed by atoms with E-state index in [1.807, 2.05) is 24.3 Å². The highest BCUT2D eigenvalue weighted by Crippen LogP contribution is 2.12. The number of aromatic nitrogens is 2. The van der Waals surface area contributed by atoms with Crippen LogP contribution in [0.1, 0.15) is 5.82 Å². The average molecular weight is 210 g/mol. The molecule has 0 bridgehead atoms. The van der Waals surface area contributed by atoms with E-state index in [1.165, 1.54) is 0 Å². The zero-order valence-electron chi connectivity index (χ0n) is 7.03. The number of aromatic amines is 1. The molecule has 2 nitrogen and oxygen atoms in total. The van der Waals surface area contributed by atoms with Gasteiger partial charge >= 0.3 is 0 Å². The molecule has 68 valence electrons. The summed E-state index contributed by atoms with van der Waals surface area (Å²) in [6, 6.07) is 8.07. The topological polar surface area (TPSA) is 28.7 Å². The number of hydrogen-bond donors (Lipinski definition) is 2. The zero-order valence-corrected chi connectivity index (χ0v) is 8.74. The molecule has 0 amide bonds. The highest BCUT2D eigenvalue weighted by Gasteiger charge is 2.00. The Balaban J connectivity index is 2.28. The number of benzene rings is 1. The molecule has 0 spiro atoms. The van der Waals surface area contributed by atoms with Gasteiger partial charge in [0.1, 0.15) is 5.82 Å². The van der Waals surface area contributed by atoms with Crippen molar-refractivity contribution in [1.82, 2.24) is 9.97 Å². The number of nitrogens with zero attached hydrogens (tertiary/aromatic N) is 1. The van der Waals surface area contributed by atoms with Crippen LogP contribution >= 0.6 is 22.5 Å². The molecule has 0 radical (unpaired) electrons. The summed E-state index contributed by atoms with van der Waals surface area (Å²) >= 11 is 4.09. The molecule has 13 heavy (non-hydrogen) atoms. The van der Waals surface area contributed by atoms with Gasteiger partial charge in [-0.3, -0.25) is 0 Å². The van der Waals surface area contributed by atoms with Gasteiger partial charge in [0.25, 0.3) is 0 Å². The number of para-hydroxylation sites is 2. The van der Waals surface area contributed by atoms with Crippen molar-refractivity contribution in [2.75, 3.05) is 5.75 Å². The maximum absolute atomic E-state index is 4.45. The molecule has 0 saturated heterocycles. The minimum atomic E-state index is 0.947. The Morgan fingerprint density at radius 3 is 3.00 bits per heavy atom. The SMILES string of the molecule is SSCCc1nc2ccccc2[nH]1. The minimum absolute atomic E-state index is 0.947. The molecular weight excluding hydrogens is 200 g/mol. The Labute approximate surface area is 85.9 Å². The second kappa shape index (κ2) is 4.07. The summed E-state index contributed by atoms with van der Waals surface area (Å²) in [4.78, 5) is 7.72. The van der Waals surface area contributed by atoms with Gasteiger partial charge in [-0.25, -0.2) is 4.98 Å². The van der Waals surface area contributed by atoms with Crippen molar-refractivity contribution in [2.24, 2.45) is 0 Å². The maximum atomic E-state index is 4.45. The fourth-order valence-electron chi connectivity index (χ4n) is 1.27. The fourth-order valence-corrected chi connectivity index (χ4v) is 1.82. The summed E-state index contributed by atoms with van der Waals surface area (Å²) in [7, 11) is 1.54. The molecule has 2 aromatic rings. The lowest BCUT2D eigenvalue weighted by molar-refractivity contribution is 1.01. The summed E-state index contributed by atoms with van der Waals surface area (Å²) in [6.45, 7) is 0. The lowest BCUT2D eigenvalue weighted by Gasteiger charge is -1.90. The van der Waals surface area contributed by atoms with Gasteiger partial charge in [0, 0.05) is 12.2 Å². The lowest BCUT2D eigenvalue weighted by Crippen LogP contribution is -1.88. The van der Waals surface area contributed by atoms with Crippen LogP contribution in [0.5, 0.6) is 0 Å². The molecule has 0 saturated carbocycles. The van der Waals surface area contributed by atoms with E-state index >= 15 is 0 Å². The smallest absolute Gasteiger partial charge is 0.108 e. The van der Waals surface area contributed by atoms with Crippen LogP contribution in [0.3, 0.4) is 0 Å². The van der Waals surface area contributed by atoms with Crippen LogP contribution < -0.4 is 0 Å². The Morgan fingerprint density at radius 2 is 2.23 bits per heavy atom. The summed E-state index contributed by atoms with van der Waals surface area (Å²) in [6.07, 6.45) is 0.947. The molecule has 4 heteroatoms. The van der Waals surface area contributed by atoms with Gasteiger partial charge in [-0.1, -0.05) is 22.9 Å². The number of H-pyrrole nitrogens is 1. The Morgan fingerprint density at radius 1 is 1.38 bits per heavy atom. The summed E-state index contributed by atoms with van der Waals surface area (Å²) in [5.74, 6) is 2.03. The molecule has 0 aliphatic carbocycles. The zero-order chi connectivity index (χ0) is 9.10. The Bertz CT molecular complexity index is 364. The van der Waals surface area contributed by atoms with Crippen molar-refractivity contribution >= 4 is 33.5 Å². The third kappa shape index (κ3) is 2.00. The number of rotatable bonds is 3. The van der Waals surface area contributed by atoms with Crippen LogP contribution in [0.2, 0.25) is 0 Å². The molecule has 0 atom stereocenters. The van der Waals surface area contributed by atoms with Crippen LogP contribution in [0.25, 0.3) is 11.0 Å². The highest BCUT2D eigenvalue weighted by molar-refractivity contribution is 8.68. The number of aryl methyl sites for hydroxylation is 1. The highest BCUT2D eigenvalue weighted by atomic mass is 33.1. The Kier molecular flexibility index (Phi) is 2.80. The molecule has 2 rings (SSSR count). The normalized spacial score (nSPS) is 10.8. The standard InChI is InChI=1S/C9H10N2S2/c12-13-6-5-9-10-7-3-1-2-4-8(7)11-9/h1-4,12H,5-6H2,(H,10,11). The van der Waals surface area contributed by atoms with E-state index in [1.54, 1.807) is 10.8 Å². The maximum Gasteiger partial charge on any atom is 0.108 e. The first-order valence-corrected chi connectivity index (χ1v) is 6.14. The van der Waals surface area contributed by atoms with Crippen LogP contribution in [0, 0.1) is 0 Å². The van der Waals surface area contributed by atoms with Gasteiger partial charge < -0.3 is 4.98 Å². The number of thiol groups is 1. The van der Waals surface area contributed by atoms with E-state index in [0.29, 0.717) is 0 Å². The van der Waals surface area contributed by atoms with Crippen molar-refractivity contribution in [1.29, 1.82) is 0 Å². The van der Waals surface area contributed by atoms with Crippen LogP contribution in [0.4, 0.5) is 0 Å². The third-order valence-electron chi connectivity index (χ3n) is 1.87. The molecule has 0 fully saturated rings. The molecule has 1 heterocycles. The van der Waals surface area contributed by atoms with Crippen molar-refractivity contribution in [2.45, 2.75) is 6.42 Å². The number of nitrogens with one attached hydrogen (secondary N) is 1. The average Bonchev–Trinajstić information content (AvgIpc) is 2.57.